The normalized spacial score (nSPS) is 10.2. The minimum Gasteiger partial charge on any atom is -0.476 e. The van der Waals surface area contributed by atoms with Gasteiger partial charge in [-0.15, -0.1) is 11.3 Å². The van der Waals surface area contributed by atoms with Crippen LogP contribution >= 0.6 is 33.9 Å². The molecule has 0 aliphatic heterocycles. The van der Waals surface area contributed by atoms with Gasteiger partial charge in [-0.1, -0.05) is 0 Å². The van der Waals surface area contributed by atoms with E-state index in [4.69, 9.17) is 5.11 Å². The highest BCUT2D eigenvalue weighted by atomic mass is 127. The Hall–Kier alpha value is -1.75. The Labute approximate surface area is 136 Å². The number of benzene rings is 1. The molecular formula is C12H9FIN3O3S. The molecule has 1 heterocycles. The van der Waals surface area contributed by atoms with Crippen molar-refractivity contribution < 1.29 is 19.1 Å². The van der Waals surface area contributed by atoms with Crippen molar-refractivity contribution in [1.82, 2.24) is 10.3 Å². The van der Waals surface area contributed by atoms with Crippen molar-refractivity contribution >= 4 is 51.6 Å². The zero-order valence-corrected chi connectivity index (χ0v) is 13.4. The summed E-state index contributed by atoms with van der Waals surface area (Å²) >= 11 is 3.06. The Morgan fingerprint density at radius 2 is 2.19 bits per heavy atom. The number of carbonyl (C=O) groups is 2. The number of thiazole rings is 1. The Balaban J connectivity index is 1.91. The molecule has 0 spiro atoms. The first kappa shape index (κ1) is 15.6. The van der Waals surface area contributed by atoms with Gasteiger partial charge in [0.15, 0.2) is 5.69 Å². The second kappa shape index (κ2) is 6.80. The fourth-order valence-corrected chi connectivity index (χ4v) is 2.72. The highest BCUT2D eigenvalue weighted by Gasteiger charge is 2.10. The summed E-state index contributed by atoms with van der Waals surface area (Å²) in [5.74, 6) is -1.49. The van der Waals surface area contributed by atoms with E-state index in [2.05, 4.69) is 15.6 Å². The number of amides is 2. The molecule has 1 aromatic carbocycles. The predicted octanol–water partition coefficient (Wildman–Crippen LogP) is 2.91. The molecule has 0 radical (unpaired) electrons. The summed E-state index contributed by atoms with van der Waals surface area (Å²) in [6.07, 6.45) is 0. The van der Waals surface area contributed by atoms with E-state index < -0.39 is 12.0 Å². The van der Waals surface area contributed by atoms with Gasteiger partial charge in [-0.05, 0) is 40.8 Å². The fraction of sp³-hybridized carbons (Fsp3) is 0.0833. The first-order valence-electron chi connectivity index (χ1n) is 5.63. The van der Waals surface area contributed by atoms with Crippen LogP contribution in [0.15, 0.2) is 23.6 Å². The first-order chi connectivity index (χ1) is 9.95. The molecule has 0 unspecified atom stereocenters. The van der Waals surface area contributed by atoms with Crippen molar-refractivity contribution in [3.05, 3.63) is 43.7 Å². The maximum atomic E-state index is 12.9. The van der Waals surface area contributed by atoms with E-state index in [-0.39, 0.29) is 18.1 Å². The van der Waals surface area contributed by atoms with Crippen LogP contribution in [0.3, 0.4) is 0 Å². The van der Waals surface area contributed by atoms with E-state index in [1.165, 1.54) is 23.6 Å². The molecule has 0 fully saturated rings. The minimum atomic E-state index is -1.11. The number of halogens is 2. The summed E-state index contributed by atoms with van der Waals surface area (Å²) in [6, 6.07) is 3.53. The zero-order valence-electron chi connectivity index (χ0n) is 10.4. The molecular weight excluding hydrogens is 412 g/mol. The summed E-state index contributed by atoms with van der Waals surface area (Å²) in [4.78, 5) is 26.2. The molecule has 0 saturated heterocycles. The smallest absolute Gasteiger partial charge is 0.355 e. The fourth-order valence-electron chi connectivity index (χ4n) is 1.40. The van der Waals surface area contributed by atoms with Gasteiger partial charge in [0.2, 0.25) is 0 Å². The van der Waals surface area contributed by atoms with E-state index in [1.807, 2.05) is 22.6 Å². The number of aromatic nitrogens is 1. The monoisotopic (exact) mass is 421 g/mol. The van der Waals surface area contributed by atoms with E-state index in [0.29, 0.717) is 14.3 Å². The van der Waals surface area contributed by atoms with Crippen LogP contribution in [0.4, 0.5) is 14.9 Å². The third-order valence-corrected chi connectivity index (χ3v) is 4.09. The van der Waals surface area contributed by atoms with E-state index in [9.17, 15) is 14.0 Å². The maximum absolute atomic E-state index is 12.9. The van der Waals surface area contributed by atoms with E-state index in [0.717, 1.165) is 11.3 Å². The summed E-state index contributed by atoms with van der Waals surface area (Å²) in [6.45, 7) is 0.113. The molecule has 6 nitrogen and oxygen atoms in total. The molecule has 1 aromatic heterocycles. The predicted molar refractivity (Wildman–Crippen MR) is 84.0 cm³/mol. The lowest BCUT2D eigenvalue weighted by Crippen LogP contribution is -2.28. The molecule has 21 heavy (non-hydrogen) atoms. The van der Waals surface area contributed by atoms with Gasteiger partial charge < -0.3 is 15.7 Å². The molecule has 0 aliphatic carbocycles. The largest absolute Gasteiger partial charge is 0.476 e. The van der Waals surface area contributed by atoms with Gasteiger partial charge in [0.05, 0.1) is 12.2 Å². The Morgan fingerprint density at radius 1 is 1.43 bits per heavy atom. The van der Waals surface area contributed by atoms with Crippen LogP contribution in [0, 0.1) is 9.39 Å². The van der Waals surface area contributed by atoms with Crippen molar-refractivity contribution in [2.75, 3.05) is 5.32 Å². The highest BCUT2D eigenvalue weighted by Crippen LogP contribution is 2.18. The molecule has 9 heteroatoms. The molecule has 0 bridgehead atoms. The van der Waals surface area contributed by atoms with Crippen molar-refractivity contribution in [3.8, 4) is 0 Å². The number of urea groups is 1. The van der Waals surface area contributed by atoms with Gasteiger partial charge in [-0.3, -0.25) is 0 Å². The maximum Gasteiger partial charge on any atom is 0.355 e. The molecule has 2 amide bonds. The highest BCUT2D eigenvalue weighted by molar-refractivity contribution is 14.1. The molecule has 3 N–H and O–H groups in total. The summed E-state index contributed by atoms with van der Waals surface area (Å²) in [7, 11) is 0. The molecule has 110 valence electrons. The number of carboxylic acids is 1. The van der Waals surface area contributed by atoms with Crippen LogP contribution in [-0.4, -0.2) is 22.1 Å². The van der Waals surface area contributed by atoms with Crippen molar-refractivity contribution in [2.24, 2.45) is 0 Å². The minimum absolute atomic E-state index is 0.0507. The molecule has 2 rings (SSSR count). The Morgan fingerprint density at radius 3 is 2.81 bits per heavy atom. The van der Waals surface area contributed by atoms with Crippen LogP contribution in [-0.2, 0) is 6.54 Å². The lowest BCUT2D eigenvalue weighted by molar-refractivity contribution is 0.0691. The summed E-state index contributed by atoms with van der Waals surface area (Å²) < 4.78 is 13.5. The Kier molecular flexibility index (Phi) is 5.07. The lowest BCUT2D eigenvalue weighted by atomic mass is 10.3. The van der Waals surface area contributed by atoms with Gasteiger partial charge in [0, 0.05) is 8.95 Å². The third kappa shape index (κ3) is 4.36. The van der Waals surface area contributed by atoms with Gasteiger partial charge in [0.1, 0.15) is 10.8 Å². The van der Waals surface area contributed by atoms with Crippen LogP contribution in [0.2, 0.25) is 0 Å². The zero-order chi connectivity index (χ0) is 15.4. The summed E-state index contributed by atoms with van der Waals surface area (Å²) in [5.41, 5.74) is 0.435. The molecule has 0 atom stereocenters. The van der Waals surface area contributed by atoms with Gasteiger partial charge in [-0.25, -0.2) is 19.0 Å². The van der Waals surface area contributed by atoms with Gasteiger partial charge >= 0.3 is 12.0 Å². The number of nitrogens with zero attached hydrogens (tertiary/aromatic N) is 1. The second-order valence-electron chi connectivity index (χ2n) is 3.86. The molecule has 0 aliphatic rings. The van der Waals surface area contributed by atoms with Crippen molar-refractivity contribution in [1.29, 1.82) is 0 Å². The van der Waals surface area contributed by atoms with Gasteiger partial charge in [0.25, 0.3) is 0 Å². The number of carboxylic acid groups (broad SMARTS) is 1. The van der Waals surface area contributed by atoms with Crippen LogP contribution in [0.1, 0.15) is 15.5 Å². The molecule has 0 saturated carbocycles. The average Bonchev–Trinajstić information content (AvgIpc) is 2.89. The average molecular weight is 421 g/mol. The van der Waals surface area contributed by atoms with Crippen molar-refractivity contribution in [3.63, 3.8) is 0 Å². The second-order valence-corrected chi connectivity index (χ2v) is 5.97. The quantitative estimate of drug-likeness (QED) is 0.663. The number of carbonyl (C=O) groups excluding carboxylic acids is 1. The number of hydrogen-bond acceptors (Lipinski definition) is 4. The standard InChI is InChI=1S/C12H9FIN3O3S/c13-6-1-2-8(7(14)3-6)17-12(20)15-4-10-16-9(5-21-10)11(18)19/h1-3,5H,4H2,(H,18,19)(H2,15,17,20). The topological polar surface area (TPSA) is 91.3 Å². The number of rotatable bonds is 4. The SMILES string of the molecule is O=C(NCc1nc(C(=O)O)cs1)Nc1ccc(F)cc1I. The van der Waals surface area contributed by atoms with Crippen LogP contribution < -0.4 is 10.6 Å². The number of aromatic carboxylic acids is 1. The lowest BCUT2D eigenvalue weighted by Gasteiger charge is -2.08. The van der Waals surface area contributed by atoms with Crippen LogP contribution in [0.25, 0.3) is 0 Å². The number of anilines is 1. The van der Waals surface area contributed by atoms with E-state index in [1.54, 1.807) is 0 Å². The Bertz CT molecular complexity index is 692. The number of nitrogens with one attached hydrogen (secondary N) is 2. The third-order valence-electron chi connectivity index (χ3n) is 2.35. The first-order valence-corrected chi connectivity index (χ1v) is 7.59. The van der Waals surface area contributed by atoms with E-state index >= 15 is 0 Å². The van der Waals surface area contributed by atoms with Gasteiger partial charge in [-0.2, -0.15) is 0 Å². The van der Waals surface area contributed by atoms with Crippen LogP contribution in [0.5, 0.6) is 0 Å². The summed E-state index contributed by atoms with van der Waals surface area (Å²) in [5, 5.41) is 15.7. The van der Waals surface area contributed by atoms with Crippen molar-refractivity contribution in [2.45, 2.75) is 6.54 Å². The number of hydrogen-bond donors (Lipinski definition) is 3. The molecule has 2 aromatic rings.